The van der Waals surface area contributed by atoms with E-state index >= 15 is 0 Å². The van der Waals surface area contributed by atoms with Crippen LogP contribution in [0.25, 0.3) is 0 Å². The Hall–Kier alpha value is -1.86. The Bertz CT molecular complexity index is 443. The summed E-state index contributed by atoms with van der Waals surface area (Å²) < 4.78 is 0. The van der Waals surface area contributed by atoms with Crippen molar-refractivity contribution in [2.75, 3.05) is 20.1 Å². The van der Waals surface area contributed by atoms with Crippen LogP contribution in [0.3, 0.4) is 0 Å². The number of hydrogen-bond donors (Lipinski definition) is 1. The molecule has 1 aromatic rings. The van der Waals surface area contributed by atoms with Gasteiger partial charge in [-0.2, -0.15) is 5.26 Å². The van der Waals surface area contributed by atoms with Crippen molar-refractivity contribution in [1.82, 2.24) is 10.2 Å². The SMILES string of the molecule is CN(Cc1ccc(C#N)cc1)C(=O)C1CNC1. The average Bonchev–Trinajstić information content (AvgIpc) is 2.27. The molecule has 1 aliphatic rings. The van der Waals surface area contributed by atoms with Crippen LogP contribution in [0.15, 0.2) is 24.3 Å². The lowest BCUT2D eigenvalue weighted by Crippen LogP contribution is -2.50. The predicted molar refractivity (Wildman–Crippen MR) is 64.0 cm³/mol. The molecule has 0 atom stereocenters. The first-order chi connectivity index (χ1) is 8.20. The van der Waals surface area contributed by atoms with Gasteiger partial charge in [0.25, 0.3) is 0 Å². The van der Waals surface area contributed by atoms with E-state index in [0.29, 0.717) is 12.1 Å². The normalized spacial score (nSPS) is 14.8. The Kier molecular flexibility index (Phi) is 3.40. The van der Waals surface area contributed by atoms with Gasteiger partial charge >= 0.3 is 0 Å². The molecule has 1 aromatic carbocycles. The summed E-state index contributed by atoms with van der Waals surface area (Å²) in [6.45, 7) is 2.17. The summed E-state index contributed by atoms with van der Waals surface area (Å²) in [5.41, 5.74) is 1.69. The van der Waals surface area contributed by atoms with Crippen LogP contribution in [0.5, 0.6) is 0 Å². The number of rotatable bonds is 3. The second-order valence-electron chi connectivity index (χ2n) is 4.36. The molecular weight excluding hydrogens is 214 g/mol. The van der Waals surface area contributed by atoms with Gasteiger partial charge in [0, 0.05) is 26.7 Å². The molecule has 17 heavy (non-hydrogen) atoms. The van der Waals surface area contributed by atoms with Crippen molar-refractivity contribution in [3.05, 3.63) is 35.4 Å². The second-order valence-corrected chi connectivity index (χ2v) is 4.36. The fraction of sp³-hybridized carbons (Fsp3) is 0.385. The van der Waals surface area contributed by atoms with Crippen molar-refractivity contribution in [2.45, 2.75) is 6.54 Å². The van der Waals surface area contributed by atoms with Gasteiger partial charge in [0.05, 0.1) is 17.6 Å². The number of hydrogen-bond acceptors (Lipinski definition) is 3. The van der Waals surface area contributed by atoms with Gasteiger partial charge in [0.15, 0.2) is 0 Å². The van der Waals surface area contributed by atoms with Crippen molar-refractivity contribution in [2.24, 2.45) is 5.92 Å². The van der Waals surface area contributed by atoms with Crippen molar-refractivity contribution < 1.29 is 4.79 Å². The molecule has 1 fully saturated rings. The molecule has 1 amide bonds. The molecule has 4 heteroatoms. The van der Waals surface area contributed by atoms with Gasteiger partial charge in [-0.1, -0.05) is 12.1 Å². The minimum atomic E-state index is 0.137. The molecule has 1 saturated heterocycles. The van der Waals surface area contributed by atoms with Crippen LogP contribution in [0.1, 0.15) is 11.1 Å². The molecule has 0 aromatic heterocycles. The van der Waals surface area contributed by atoms with Crippen molar-refractivity contribution >= 4 is 5.91 Å². The number of nitriles is 1. The lowest BCUT2D eigenvalue weighted by atomic mass is 10.0. The molecular formula is C13H15N3O. The molecule has 1 heterocycles. The number of benzene rings is 1. The lowest BCUT2D eigenvalue weighted by molar-refractivity contribution is -0.136. The summed E-state index contributed by atoms with van der Waals surface area (Å²) >= 11 is 0. The Morgan fingerprint density at radius 2 is 2.12 bits per heavy atom. The zero-order chi connectivity index (χ0) is 12.3. The van der Waals surface area contributed by atoms with Crippen molar-refractivity contribution in [3.63, 3.8) is 0 Å². The Morgan fingerprint density at radius 3 is 2.59 bits per heavy atom. The maximum absolute atomic E-state index is 11.9. The highest BCUT2D eigenvalue weighted by Gasteiger charge is 2.27. The van der Waals surface area contributed by atoms with Gasteiger partial charge in [0.2, 0.25) is 5.91 Å². The molecule has 0 saturated carbocycles. The third kappa shape index (κ3) is 2.63. The Morgan fingerprint density at radius 1 is 1.47 bits per heavy atom. The van der Waals surface area contributed by atoms with Crippen LogP contribution in [0, 0.1) is 17.2 Å². The molecule has 88 valence electrons. The van der Waals surface area contributed by atoms with Crippen LogP contribution in [0.2, 0.25) is 0 Å². The van der Waals surface area contributed by atoms with Crippen LogP contribution in [-0.4, -0.2) is 30.9 Å². The summed E-state index contributed by atoms with van der Waals surface area (Å²) in [7, 11) is 1.82. The maximum atomic E-state index is 11.9. The highest BCUT2D eigenvalue weighted by molar-refractivity contribution is 5.79. The van der Waals surface area contributed by atoms with E-state index in [0.717, 1.165) is 18.7 Å². The van der Waals surface area contributed by atoms with Gasteiger partial charge in [-0.15, -0.1) is 0 Å². The van der Waals surface area contributed by atoms with E-state index in [1.807, 2.05) is 19.2 Å². The number of carbonyl (C=O) groups is 1. The molecule has 0 radical (unpaired) electrons. The largest absolute Gasteiger partial charge is 0.341 e. The van der Waals surface area contributed by atoms with Gasteiger partial charge in [-0.25, -0.2) is 0 Å². The monoisotopic (exact) mass is 229 g/mol. The summed E-state index contributed by atoms with van der Waals surface area (Å²) in [6.07, 6.45) is 0. The molecule has 0 unspecified atom stereocenters. The minimum Gasteiger partial charge on any atom is -0.341 e. The third-order valence-corrected chi connectivity index (χ3v) is 3.01. The van der Waals surface area contributed by atoms with Gasteiger partial charge in [0.1, 0.15) is 0 Å². The van der Waals surface area contributed by atoms with Crippen molar-refractivity contribution in [3.8, 4) is 6.07 Å². The third-order valence-electron chi connectivity index (χ3n) is 3.01. The first kappa shape index (κ1) is 11.6. The van der Waals surface area contributed by atoms with Crippen LogP contribution in [0.4, 0.5) is 0 Å². The molecule has 0 bridgehead atoms. The molecule has 4 nitrogen and oxygen atoms in total. The topological polar surface area (TPSA) is 56.1 Å². The zero-order valence-electron chi connectivity index (χ0n) is 9.81. The van der Waals surface area contributed by atoms with E-state index in [4.69, 9.17) is 5.26 Å². The predicted octanol–water partition coefficient (Wildman–Crippen LogP) is 0.736. The second kappa shape index (κ2) is 4.98. The zero-order valence-corrected chi connectivity index (χ0v) is 9.81. The number of nitrogens with one attached hydrogen (secondary N) is 1. The van der Waals surface area contributed by atoms with Gasteiger partial charge in [-0.05, 0) is 17.7 Å². The number of amides is 1. The van der Waals surface area contributed by atoms with Crippen LogP contribution >= 0.6 is 0 Å². The maximum Gasteiger partial charge on any atom is 0.228 e. The molecule has 0 spiro atoms. The summed E-state index contributed by atoms with van der Waals surface area (Å²) in [5, 5.41) is 11.8. The summed E-state index contributed by atoms with van der Waals surface area (Å²) in [5.74, 6) is 0.325. The van der Waals surface area contributed by atoms with E-state index in [1.165, 1.54) is 0 Å². The first-order valence-corrected chi connectivity index (χ1v) is 5.65. The van der Waals surface area contributed by atoms with Crippen LogP contribution < -0.4 is 5.32 Å². The minimum absolute atomic E-state index is 0.137. The average molecular weight is 229 g/mol. The fourth-order valence-corrected chi connectivity index (χ4v) is 1.81. The highest BCUT2D eigenvalue weighted by atomic mass is 16.2. The Balaban J connectivity index is 1.95. The van der Waals surface area contributed by atoms with Gasteiger partial charge in [-0.3, -0.25) is 4.79 Å². The first-order valence-electron chi connectivity index (χ1n) is 5.65. The molecule has 1 aliphatic heterocycles. The molecule has 1 N–H and O–H groups in total. The van der Waals surface area contributed by atoms with Crippen molar-refractivity contribution in [1.29, 1.82) is 5.26 Å². The molecule has 0 aliphatic carbocycles. The van der Waals surface area contributed by atoms with Crippen LogP contribution in [-0.2, 0) is 11.3 Å². The highest BCUT2D eigenvalue weighted by Crippen LogP contribution is 2.11. The summed E-state index contributed by atoms with van der Waals surface area (Å²) in [6, 6.07) is 9.41. The van der Waals surface area contributed by atoms with E-state index in [1.54, 1.807) is 17.0 Å². The quantitative estimate of drug-likeness (QED) is 0.831. The Labute approximate surface area is 101 Å². The smallest absolute Gasteiger partial charge is 0.228 e. The number of carbonyl (C=O) groups excluding carboxylic acids is 1. The molecule has 2 rings (SSSR count). The van der Waals surface area contributed by atoms with Gasteiger partial charge < -0.3 is 10.2 Å². The van der Waals surface area contributed by atoms with E-state index < -0.39 is 0 Å². The number of nitrogens with zero attached hydrogens (tertiary/aromatic N) is 2. The summed E-state index contributed by atoms with van der Waals surface area (Å²) in [4.78, 5) is 13.6. The fourth-order valence-electron chi connectivity index (χ4n) is 1.81. The van der Waals surface area contributed by atoms with E-state index in [-0.39, 0.29) is 11.8 Å². The van der Waals surface area contributed by atoms with E-state index in [2.05, 4.69) is 11.4 Å². The lowest BCUT2D eigenvalue weighted by Gasteiger charge is -2.30. The van der Waals surface area contributed by atoms with E-state index in [9.17, 15) is 4.79 Å². The standard InChI is InChI=1S/C13H15N3O/c1-16(13(17)12-7-15-8-12)9-11-4-2-10(6-14)3-5-11/h2-5,12,15H,7-9H2,1H3.